The number of piperidine rings is 6. The van der Waals surface area contributed by atoms with Gasteiger partial charge in [0.25, 0.3) is 0 Å². The van der Waals surface area contributed by atoms with Gasteiger partial charge in [-0.15, -0.1) is 12.4 Å². The average Bonchev–Trinajstić information content (AvgIpc) is 3.94. The van der Waals surface area contributed by atoms with E-state index < -0.39 is 0 Å². The standard InChI is InChI=1S/C19H22N2O.C9H16N2.C9H8.CO2.ClH/c22-18(17-11-14-3-1-2-4-16(14)20-17)12-15-13-5-9-21(10-6-13)19(15)7-8-19;10-8-7-1-5-11(6-2-7)9(8)3-4-9;1-2-5-9-7-3-6-8(9)4-1;2-1-3;/h1-4,11,13,15,20H,5-10,12H2;7-8H,1-6,10H2;1-6H,7H2;;1H/t15-;8-;;;/m11.../s1. The maximum Gasteiger partial charge on any atom is 0.373 e. The molecule has 3 aliphatic carbocycles. The molecule has 2 aromatic carbocycles. The summed E-state index contributed by atoms with van der Waals surface area (Å²) < 4.78 is 0. The molecule has 0 unspecified atom stereocenters. The molecule has 0 radical (unpaired) electrons. The third-order valence-electron chi connectivity index (χ3n) is 12.2. The van der Waals surface area contributed by atoms with E-state index in [1.54, 1.807) is 0 Å². The zero-order valence-corrected chi connectivity index (χ0v) is 27.5. The van der Waals surface area contributed by atoms with Crippen molar-refractivity contribution in [1.82, 2.24) is 14.8 Å². The van der Waals surface area contributed by atoms with Crippen LogP contribution in [0.2, 0.25) is 0 Å². The predicted octanol–water partition coefficient (Wildman–Crippen LogP) is 6.28. The van der Waals surface area contributed by atoms with Gasteiger partial charge in [0, 0.05) is 34.4 Å². The Morgan fingerprint density at radius 2 is 1.43 bits per heavy atom. The lowest BCUT2D eigenvalue weighted by Gasteiger charge is -2.52. The third kappa shape index (κ3) is 6.16. The van der Waals surface area contributed by atoms with Crippen molar-refractivity contribution in [3.05, 3.63) is 77.5 Å². The van der Waals surface area contributed by atoms with Gasteiger partial charge in [-0.25, -0.2) is 0 Å². The van der Waals surface area contributed by atoms with E-state index in [1.807, 2.05) is 24.3 Å². The SMILES string of the molecule is C1=Cc2ccccc2C1.Cl.N[C@@H]1C2CCN(CC2)C12CC2.O=C(C[C@@H]1C2CCN(CC2)C12CC2)c1cc2ccccc2[nH]1.O=C=O. The number of aromatic amines is 1. The maximum absolute atomic E-state index is 12.8. The summed E-state index contributed by atoms with van der Waals surface area (Å²) in [5.41, 5.74) is 11.9. The fourth-order valence-corrected chi connectivity index (χ4v) is 9.45. The van der Waals surface area contributed by atoms with Crippen LogP contribution in [-0.2, 0) is 16.0 Å². The number of Topliss-reactive ketones (excluding diaryl/α,β-unsaturated/α-hetero) is 1. The zero-order chi connectivity index (χ0) is 31.0. The minimum atomic E-state index is 0. The number of para-hydroxylation sites is 1. The summed E-state index contributed by atoms with van der Waals surface area (Å²) in [5.74, 6) is 2.54. The Kier molecular flexibility index (Phi) is 9.70. The van der Waals surface area contributed by atoms with Crippen LogP contribution in [0.4, 0.5) is 0 Å². The molecule has 9 aliphatic rings. The molecule has 2 spiro atoms. The topological polar surface area (TPSA) is 99.5 Å². The normalized spacial score (nSPS) is 30.4. The molecule has 7 nitrogen and oxygen atoms in total. The van der Waals surface area contributed by atoms with Crippen molar-refractivity contribution in [2.45, 2.75) is 81.3 Å². The second-order valence-corrected chi connectivity index (χ2v) is 14.3. The van der Waals surface area contributed by atoms with Crippen LogP contribution in [-0.4, -0.2) is 70.0 Å². The molecule has 244 valence electrons. The van der Waals surface area contributed by atoms with Gasteiger partial charge in [0.15, 0.2) is 5.78 Å². The minimum Gasteiger partial charge on any atom is -0.352 e. The lowest BCUT2D eigenvalue weighted by atomic mass is 9.70. The Hall–Kier alpha value is -3.06. The Morgan fingerprint density at radius 1 is 0.848 bits per heavy atom. The lowest BCUT2D eigenvalue weighted by Crippen LogP contribution is -2.63. The molecular formula is C38H47ClN4O3. The molecular weight excluding hydrogens is 596 g/mol. The first kappa shape index (κ1) is 32.9. The molecule has 3 aromatic rings. The predicted molar refractivity (Wildman–Crippen MR) is 183 cm³/mol. The van der Waals surface area contributed by atoms with E-state index in [9.17, 15) is 4.79 Å². The maximum atomic E-state index is 12.8. The fraction of sp³-hybridized carbons (Fsp3) is 0.526. The van der Waals surface area contributed by atoms with Crippen molar-refractivity contribution in [2.24, 2.45) is 23.5 Å². The van der Waals surface area contributed by atoms with Crippen LogP contribution in [0.3, 0.4) is 0 Å². The number of H-pyrrole nitrogens is 1. The number of rotatable bonds is 3. The summed E-state index contributed by atoms with van der Waals surface area (Å²) in [5, 5.41) is 1.14. The van der Waals surface area contributed by atoms with E-state index in [4.69, 9.17) is 15.3 Å². The summed E-state index contributed by atoms with van der Waals surface area (Å²) in [6, 6.07) is 19.2. The molecule has 2 atom stereocenters. The minimum absolute atomic E-state index is 0. The number of fused-ring (bicyclic) bond motifs is 6. The molecule has 12 rings (SSSR count). The van der Waals surface area contributed by atoms with Gasteiger partial charge in [0.1, 0.15) is 0 Å². The number of nitrogens with zero attached hydrogens (tertiary/aromatic N) is 2. The molecule has 8 fully saturated rings. The van der Waals surface area contributed by atoms with Gasteiger partial charge in [0.05, 0.1) is 5.69 Å². The van der Waals surface area contributed by atoms with Crippen molar-refractivity contribution >= 4 is 41.3 Å². The highest BCUT2D eigenvalue weighted by atomic mass is 35.5. The number of hydrogen-bond acceptors (Lipinski definition) is 6. The van der Waals surface area contributed by atoms with Gasteiger partial charge in [-0.2, -0.15) is 9.59 Å². The van der Waals surface area contributed by atoms with E-state index in [1.165, 1.54) is 88.7 Å². The number of ketones is 1. The van der Waals surface area contributed by atoms with Gasteiger partial charge >= 0.3 is 6.15 Å². The number of hydrogen-bond donors (Lipinski definition) is 2. The van der Waals surface area contributed by atoms with Gasteiger partial charge in [-0.3, -0.25) is 14.6 Å². The smallest absolute Gasteiger partial charge is 0.352 e. The van der Waals surface area contributed by atoms with Gasteiger partial charge in [-0.1, -0.05) is 54.6 Å². The van der Waals surface area contributed by atoms with E-state index in [2.05, 4.69) is 57.3 Å². The highest BCUT2D eigenvalue weighted by Gasteiger charge is 2.60. The monoisotopic (exact) mass is 642 g/mol. The largest absolute Gasteiger partial charge is 0.373 e. The van der Waals surface area contributed by atoms with E-state index in [-0.39, 0.29) is 18.6 Å². The second kappa shape index (κ2) is 13.6. The Balaban J connectivity index is 0.000000129. The third-order valence-corrected chi connectivity index (χ3v) is 12.2. The molecule has 4 bridgehead atoms. The first-order valence-corrected chi connectivity index (χ1v) is 17.1. The number of allylic oxidation sites excluding steroid dienone is 1. The summed E-state index contributed by atoms with van der Waals surface area (Å²) in [6.07, 6.45) is 17.2. The quantitative estimate of drug-likeness (QED) is 0.326. The van der Waals surface area contributed by atoms with Crippen molar-refractivity contribution in [3.63, 3.8) is 0 Å². The van der Waals surface area contributed by atoms with Crippen LogP contribution in [0.5, 0.6) is 0 Å². The lowest BCUT2D eigenvalue weighted by molar-refractivity contribution is -0.191. The molecule has 7 heterocycles. The van der Waals surface area contributed by atoms with Crippen LogP contribution in [0.1, 0.15) is 79.4 Å². The number of benzene rings is 2. The second-order valence-electron chi connectivity index (χ2n) is 14.3. The van der Waals surface area contributed by atoms with Crippen molar-refractivity contribution in [1.29, 1.82) is 0 Å². The molecule has 2 saturated carbocycles. The van der Waals surface area contributed by atoms with Crippen molar-refractivity contribution in [3.8, 4) is 0 Å². The molecule has 0 amide bonds. The fourth-order valence-electron chi connectivity index (χ4n) is 9.45. The first-order valence-electron chi connectivity index (χ1n) is 17.1. The Bertz CT molecular complexity index is 1550. The number of halogens is 1. The van der Waals surface area contributed by atoms with Crippen LogP contribution in [0.15, 0.2) is 60.7 Å². The summed E-state index contributed by atoms with van der Waals surface area (Å²) in [7, 11) is 0. The van der Waals surface area contributed by atoms with Crippen LogP contribution >= 0.6 is 12.4 Å². The summed E-state index contributed by atoms with van der Waals surface area (Å²) in [4.78, 5) is 37.7. The highest BCUT2D eigenvalue weighted by molar-refractivity contribution is 5.99. The van der Waals surface area contributed by atoms with E-state index >= 15 is 0 Å². The van der Waals surface area contributed by atoms with Crippen LogP contribution in [0.25, 0.3) is 17.0 Å². The average molecular weight is 643 g/mol. The highest BCUT2D eigenvalue weighted by Crippen LogP contribution is 2.58. The molecule has 46 heavy (non-hydrogen) atoms. The zero-order valence-electron chi connectivity index (χ0n) is 26.7. The Morgan fingerprint density at radius 3 is 2.02 bits per heavy atom. The van der Waals surface area contributed by atoms with Crippen molar-refractivity contribution in [2.75, 3.05) is 26.2 Å². The first-order chi connectivity index (χ1) is 22.0. The van der Waals surface area contributed by atoms with Gasteiger partial charge in [0.2, 0.25) is 0 Å². The molecule has 1 aromatic heterocycles. The van der Waals surface area contributed by atoms with E-state index in [0.717, 1.165) is 41.3 Å². The van der Waals surface area contributed by atoms with E-state index in [0.29, 0.717) is 28.8 Å². The summed E-state index contributed by atoms with van der Waals surface area (Å²) >= 11 is 0. The molecule has 8 heteroatoms. The summed E-state index contributed by atoms with van der Waals surface area (Å²) in [6.45, 7) is 5.19. The number of nitrogens with one attached hydrogen (secondary N) is 1. The molecule has 6 saturated heterocycles. The number of nitrogens with two attached hydrogens (primary N) is 1. The van der Waals surface area contributed by atoms with Crippen molar-refractivity contribution < 1.29 is 14.4 Å². The molecule has 6 aliphatic heterocycles. The number of aromatic nitrogens is 1. The number of carbonyl (C=O) groups excluding carboxylic acids is 3. The van der Waals surface area contributed by atoms with Gasteiger partial charge < -0.3 is 10.7 Å². The number of carbonyl (C=O) groups is 1. The van der Waals surface area contributed by atoms with Crippen LogP contribution in [0, 0.1) is 17.8 Å². The van der Waals surface area contributed by atoms with Gasteiger partial charge in [-0.05, 0) is 125 Å². The molecule has 3 N–H and O–H groups in total. The Labute approximate surface area is 278 Å². The van der Waals surface area contributed by atoms with Crippen LogP contribution < -0.4 is 5.73 Å².